The number of benzene rings is 1. The van der Waals surface area contributed by atoms with Gasteiger partial charge in [0.05, 0.1) is 6.42 Å². The Morgan fingerprint density at radius 2 is 1.95 bits per heavy atom. The van der Waals surface area contributed by atoms with Gasteiger partial charge in [0, 0.05) is 11.0 Å². The van der Waals surface area contributed by atoms with E-state index >= 15 is 0 Å². The zero-order valence-electron chi connectivity index (χ0n) is 12.4. The number of aryl methyl sites for hydroxylation is 1. The van der Waals surface area contributed by atoms with Crippen LogP contribution >= 0.6 is 11.8 Å². The lowest BCUT2D eigenvalue weighted by Gasteiger charge is -2.13. The Morgan fingerprint density at radius 1 is 1.20 bits per heavy atom. The van der Waals surface area contributed by atoms with Gasteiger partial charge in [0.15, 0.2) is 0 Å². The Morgan fingerprint density at radius 3 is 2.60 bits per heavy atom. The first-order chi connectivity index (χ1) is 9.72. The standard InChI is InChI=1S/C17H26O2S/c1-2-16(20-14-13-17(18)19)12-8-4-7-11-15-9-5-3-6-10-15/h3,5-6,9-10,16H,2,4,7-8,11-14H2,1H3,(H,18,19). The second-order valence-corrected chi connectivity index (χ2v) is 6.54. The van der Waals surface area contributed by atoms with E-state index in [9.17, 15) is 4.79 Å². The first kappa shape index (κ1) is 17.1. The number of carbonyl (C=O) groups is 1. The van der Waals surface area contributed by atoms with Crippen molar-refractivity contribution >= 4 is 17.7 Å². The fraction of sp³-hybridized carbons (Fsp3) is 0.588. The third-order valence-electron chi connectivity index (χ3n) is 3.46. The maximum absolute atomic E-state index is 10.5. The molecule has 0 fully saturated rings. The topological polar surface area (TPSA) is 37.3 Å². The summed E-state index contributed by atoms with van der Waals surface area (Å²) in [5.74, 6) is 0.0629. The van der Waals surface area contributed by atoms with Crippen LogP contribution in [0, 0.1) is 0 Å². The van der Waals surface area contributed by atoms with Gasteiger partial charge in [-0.05, 0) is 31.2 Å². The van der Waals surface area contributed by atoms with Crippen molar-refractivity contribution in [1.29, 1.82) is 0 Å². The molecule has 1 aromatic carbocycles. The summed E-state index contributed by atoms with van der Waals surface area (Å²) in [6.07, 6.45) is 7.59. The molecule has 0 spiro atoms. The lowest BCUT2D eigenvalue weighted by atomic mass is 10.1. The molecular weight excluding hydrogens is 268 g/mol. The Bertz CT molecular complexity index is 365. The Labute approximate surface area is 127 Å². The predicted octanol–water partition coefficient (Wildman–Crippen LogP) is 4.78. The normalized spacial score (nSPS) is 12.2. The smallest absolute Gasteiger partial charge is 0.304 e. The SMILES string of the molecule is CCC(CCCCCc1ccccc1)SCCC(=O)O. The van der Waals surface area contributed by atoms with Crippen molar-refractivity contribution in [3.63, 3.8) is 0 Å². The maximum Gasteiger partial charge on any atom is 0.304 e. The monoisotopic (exact) mass is 294 g/mol. The molecule has 0 aliphatic heterocycles. The molecule has 3 heteroatoms. The molecule has 1 aromatic rings. The molecule has 0 heterocycles. The molecule has 0 bridgehead atoms. The Balaban J connectivity index is 2.05. The van der Waals surface area contributed by atoms with Crippen LogP contribution in [0.1, 0.15) is 51.0 Å². The summed E-state index contributed by atoms with van der Waals surface area (Å²) in [4.78, 5) is 10.5. The molecule has 20 heavy (non-hydrogen) atoms. The van der Waals surface area contributed by atoms with Crippen LogP contribution in [0.5, 0.6) is 0 Å². The minimum absolute atomic E-state index is 0.287. The Kier molecular flexibility index (Phi) is 9.22. The van der Waals surface area contributed by atoms with Crippen LogP contribution in [-0.4, -0.2) is 22.1 Å². The highest BCUT2D eigenvalue weighted by Gasteiger charge is 2.07. The van der Waals surface area contributed by atoms with Crippen LogP contribution in [0.25, 0.3) is 0 Å². The molecule has 0 aliphatic rings. The van der Waals surface area contributed by atoms with Crippen LogP contribution in [0.3, 0.4) is 0 Å². The second-order valence-electron chi connectivity index (χ2n) is 5.13. The van der Waals surface area contributed by atoms with Crippen molar-refractivity contribution < 1.29 is 9.90 Å². The molecule has 112 valence electrons. The van der Waals surface area contributed by atoms with Crippen molar-refractivity contribution in [2.24, 2.45) is 0 Å². The molecule has 1 unspecified atom stereocenters. The van der Waals surface area contributed by atoms with Crippen molar-refractivity contribution in [2.45, 2.75) is 57.1 Å². The lowest BCUT2D eigenvalue weighted by Crippen LogP contribution is -2.04. The highest BCUT2D eigenvalue weighted by molar-refractivity contribution is 7.99. The van der Waals surface area contributed by atoms with Gasteiger partial charge >= 0.3 is 5.97 Å². The van der Waals surface area contributed by atoms with Crippen LogP contribution in [0.15, 0.2) is 30.3 Å². The highest BCUT2D eigenvalue weighted by atomic mass is 32.2. The third kappa shape index (κ3) is 8.26. The quantitative estimate of drug-likeness (QED) is 0.597. The van der Waals surface area contributed by atoms with E-state index in [-0.39, 0.29) is 6.42 Å². The number of aliphatic carboxylic acids is 1. The average Bonchev–Trinajstić information content (AvgIpc) is 2.46. The van der Waals surface area contributed by atoms with E-state index in [1.165, 1.54) is 37.7 Å². The predicted molar refractivity (Wildman–Crippen MR) is 87.4 cm³/mol. The molecular formula is C17H26O2S. The van der Waals surface area contributed by atoms with Gasteiger partial charge in [-0.2, -0.15) is 11.8 Å². The molecule has 0 aromatic heterocycles. The number of carboxylic acids is 1. The van der Waals surface area contributed by atoms with Gasteiger partial charge in [-0.15, -0.1) is 0 Å². The number of rotatable bonds is 11. The number of hydrogen-bond acceptors (Lipinski definition) is 2. The fourth-order valence-corrected chi connectivity index (χ4v) is 3.44. The minimum Gasteiger partial charge on any atom is -0.481 e. The largest absolute Gasteiger partial charge is 0.481 e. The van der Waals surface area contributed by atoms with Gasteiger partial charge in [-0.3, -0.25) is 4.79 Å². The van der Waals surface area contributed by atoms with Crippen molar-refractivity contribution in [1.82, 2.24) is 0 Å². The minimum atomic E-state index is -0.685. The molecule has 2 nitrogen and oxygen atoms in total. The first-order valence-corrected chi connectivity index (χ1v) is 8.64. The van der Waals surface area contributed by atoms with Crippen LogP contribution in [0.4, 0.5) is 0 Å². The summed E-state index contributed by atoms with van der Waals surface area (Å²) in [7, 11) is 0. The van der Waals surface area contributed by atoms with E-state index in [1.807, 2.05) is 11.8 Å². The van der Waals surface area contributed by atoms with Gasteiger partial charge in [0.1, 0.15) is 0 Å². The molecule has 1 rings (SSSR count). The number of hydrogen-bond donors (Lipinski definition) is 1. The van der Waals surface area contributed by atoms with Gasteiger partial charge in [0.2, 0.25) is 0 Å². The molecule has 1 N–H and O–H groups in total. The summed E-state index contributed by atoms with van der Waals surface area (Å²) in [6.45, 7) is 2.20. The molecule has 0 radical (unpaired) electrons. The Hall–Kier alpha value is -0.960. The fourth-order valence-electron chi connectivity index (χ4n) is 2.24. The summed E-state index contributed by atoms with van der Waals surface area (Å²) in [6, 6.07) is 10.6. The number of unbranched alkanes of at least 4 members (excludes halogenated alkanes) is 2. The van der Waals surface area contributed by atoms with E-state index < -0.39 is 5.97 Å². The van der Waals surface area contributed by atoms with Gasteiger partial charge in [0.25, 0.3) is 0 Å². The molecule has 0 saturated carbocycles. The number of carboxylic acid groups (broad SMARTS) is 1. The van der Waals surface area contributed by atoms with E-state index in [4.69, 9.17) is 5.11 Å². The number of thioether (sulfide) groups is 1. The summed E-state index contributed by atoms with van der Waals surface area (Å²) in [5, 5.41) is 9.27. The van der Waals surface area contributed by atoms with Gasteiger partial charge < -0.3 is 5.11 Å². The van der Waals surface area contributed by atoms with E-state index in [1.54, 1.807) is 0 Å². The van der Waals surface area contributed by atoms with E-state index in [0.29, 0.717) is 5.25 Å². The van der Waals surface area contributed by atoms with Crippen molar-refractivity contribution in [3.8, 4) is 0 Å². The summed E-state index contributed by atoms with van der Waals surface area (Å²) >= 11 is 1.82. The first-order valence-electron chi connectivity index (χ1n) is 7.59. The molecule has 1 atom stereocenters. The van der Waals surface area contributed by atoms with Crippen molar-refractivity contribution in [3.05, 3.63) is 35.9 Å². The summed E-state index contributed by atoms with van der Waals surface area (Å²) in [5.41, 5.74) is 1.43. The van der Waals surface area contributed by atoms with Crippen LogP contribution in [0.2, 0.25) is 0 Å². The highest BCUT2D eigenvalue weighted by Crippen LogP contribution is 2.22. The van der Waals surface area contributed by atoms with Crippen LogP contribution < -0.4 is 0 Å². The molecule has 0 aliphatic carbocycles. The average molecular weight is 294 g/mol. The summed E-state index contributed by atoms with van der Waals surface area (Å²) < 4.78 is 0. The van der Waals surface area contributed by atoms with Crippen LogP contribution in [-0.2, 0) is 11.2 Å². The van der Waals surface area contributed by atoms with Gasteiger partial charge in [-0.25, -0.2) is 0 Å². The molecule has 0 saturated heterocycles. The van der Waals surface area contributed by atoms with Crippen molar-refractivity contribution in [2.75, 3.05) is 5.75 Å². The zero-order chi connectivity index (χ0) is 14.6. The lowest BCUT2D eigenvalue weighted by molar-refractivity contribution is -0.136. The van der Waals surface area contributed by atoms with E-state index in [2.05, 4.69) is 37.3 Å². The maximum atomic E-state index is 10.5. The zero-order valence-corrected chi connectivity index (χ0v) is 13.2. The van der Waals surface area contributed by atoms with E-state index in [0.717, 1.165) is 12.2 Å². The molecule has 0 amide bonds. The van der Waals surface area contributed by atoms with Gasteiger partial charge in [-0.1, -0.05) is 50.1 Å². The second kappa shape index (κ2) is 10.8. The third-order valence-corrected chi connectivity index (χ3v) is 4.94.